The van der Waals surface area contributed by atoms with Crippen LogP contribution in [-0.4, -0.2) is 76.8 Å². The van der Waals surface area contributed by atoms with E-state index in [4.69, 9.17) is 14.6 Å². The average Bonchev–Trinajstić information content (AvgIpc) is 2.72. The van der Waals surface area contributed by atoms with Crippen LogP contribution in [-0.2, 0) is 23.9 Å². The van der Waals surface area contributed by atoms with Crippen LogP contribution in [0.1, 0.15) is 26.2 Å². The standard InChI is InChI=1S/C21H30O9/c1-10(13(24)9-23)20(28)30-14-7-21(3)15(25)6-5-12(8-22)17(21)18(26)16(14)11(2)19(27)29-4/h8,12-18,23-26H,1-2,5-7,9H2,3-4H3/t12-,13+,14-,15-,16+,17-,18-,21-/m1/s1. The number of rotatable bonds is 7. The normalized spacial score (nSPS) is 36.7. The molecule has 0 aromatic heterocycles. The topological polar surface area (TPSA) is 151 Å². The minimum Gasteiger partial charge on any atom is -0.466 e. The van der Waals surface area contributed by atoms with Gasteiger partial charge in [-0.05, 0) is 19.3 Å². The molecule has 2 aliphatic carbocycles. The van der Waals surface area contributed by atoms with Crippen LogP contribution in [0.4, 0.5) is 0 Å². The Morgan fingerprint density at radius 3 is 2.40 bits per heavy atom. The number of fused-ring (bicyclic) bond motifs is 1. The molecule has 2 fully saturated rings. The average molecular weight is 426 g/mol. The Morgan fingerprint density at radius 1 is 1.23 bits per heavy atom. The lowest BCUT2D eigenvalue weighted by Crippen LogP contribution is -2.62. The van der Waals surface area contributed by atoms with E-state index in [1.165, 1.54) is 0 Å². The van der Waals surface area contributed by atoms with Crippen molar-refractivity contribution in [1.82, 2.24) is 0 Å². The van der Waals surface area contributed by atoms with Crippen LogP contribution in [0.25, 0.3) is 0 Å². The molecule has 2 aliphatic rings. The van der Waals surface area contributed by atoms with Gasteiger partial charge >= 0.3 is 11.9 Å². The molecule has 0 aromatic rings. The van der Waals surface area contributed by atoms with E-state index in [1.54, 1.807) is 6.92 Å². The molecular weight excluding hydrogens is 396 g/mol. The predicted octanol–water partition coefficient (Wildman–Crippen LogP) is -0.490. The second kappa shape index (κ2) is 9.38. The monoisotopic (exact) mass is 426 g/mol. The Balaban J connectivity index is 2.45. The Morgan fingerprint density at radius 2 is 1.87 bits per heavy atom. The van der Waals surface area contributed by atoms with Crippen molar-refractivity contribution in [3.63, 3.8) is 0 Å². The van der Waals surface area contributed by atoms with Gasteiger partial charge in [0, 0.05) is 22.8 Å². The van der Waals surface area contributed by atoms with Crippen LogP contribution in [0.5, 0.6) is 0 Å². The van der Waals surface area contributed by atoms with Crippen molar-refractivity contribution in [1.29, 1.82) is 0 Å². The first-order valence-electron chi connectivity index (χ1n) is 9.80. The number of aliphatic hydroxyl groups excluding tert-OH is 4. The van der Waals surface area contributed by atoms with Gasteiger partial charge in [-0.2, -0.15) is 0 Å². The number of ether oxygens (including phenoxy) is 2. The van der Waals surface area contributed by atoms with Gasteiger partial charge in [0.05, 0.1) is 37.4 Å². The van der Waals surface area contributed by atoms with E-state index in [0.29, 0.717) is 12.8 Å². The van der Waals surface area contributed by atoms with Crippen LogP contribution >= 0.6 is 0 Å². The van der Waals surface area contributed by atoms with E-state index >= 15 is 0 Å². The van der Waals surface area contributed by atoms with E-state index in [9.17, 15) is 29.7 Å². The number of carbonyl (C=O) groups is 3. The lowest BCUT2D eigenvalue weighted by molar-refractivity contribution is -0.198. The molecule has 0 radical (unpaired) electrons. The van der Waals surface area contributed by atoms with Gasteiger partial charge in [-0.1, -0.05) is 20.1 Å². The molecule has 2 rings (SSSR count). The minimum absolute atomic E-state index is 0.0369. The van der Waals surface area contributed by atoms with Gasteiger partial charge in [0.25, 0.3) is 0 Å². The molecule has 0 saturated heterocycles. The van der Waals surface area contributed by atoms with Crippen LogP contribution in [0.15, 0.2) is 24.3 Å². The van der Waals surface area contributed by atoms with Crippen molar-refractivity contribution < 1.29 is 44.3 Å². The van der Waals surface area contributed by atoms with Gasteiger partial charge in [-0.15, -0.1) is 0 Å². The SMILES string of the molecule is C=C(C(=O)OC)[C@@H]1[C@@H](O)[C@H]2[C@@H](C=O)CC[C@@H](O)[C@@]2(C)C[C@H]1OC(=O)C(=C)[C@@H](O)CO. The van der Waals surface area contributed by atoms with Crippen molar-refractivity contribution >= 4 is 18.2 Å². The quantitative estimate of drug-likeness (QED) is 0.240. The Hall–Kier alpha value is -2.07. The summed E-state index contributed by atoms with van der Waals surface area (Å²) in [5, 5.41) is 40.6. The molecule has 9 nitrogen and oxygen atoms in total. The lowest BCUT2D eigenvalue weighted by Gasteiger charge is -2.56. The molecule has 0 aliphatic heterocycles. The minimum atomic E-state index is -1.53. The Kier molecular flexibility index (Phi) is 7.57. The molecule has 0 bridgehead atoms. The van der Waals surface area contributed by atoms with Crippen LogP contribution < -0.4 is 0 Å². The molecule has 9 heteroatoms. The number of esters is 2. The third-order valence-corrected chi connectivity index (χ3v) is 6.66. The fourth-order valence-corrected chi connectivity index (χ4v) is 4.91. The van der Waals surface area contributed by atoms with Crippen molar-refractivity contribution in [3.05, 3.63) is 24.3 Å². The predicted molar refractivity (Wildman–Crippen MR) is 104 cm³/mol. The largest absolute Gasteiger partial charge is 0.466 e. The highest BCUT2D eigenvalue weighted by Crippen LogP contribution is 2.55. The molecule has 0 aromatic carbocycles. The van der Waals surface area contributed by atoms with Crippen molar-refractivity contribution in [2.45, 2.75) is 50.6 Å². The highest BCUT2D eigenvalue weighted by molar-refractivity contribution is 5.90. The molecular formula is C21H30O9. The van der Waals surface area contributed by atoms with Gasteiger partial charge in [0.15, 0.2) is 0 Å². The first-order valence-corrected chi connectivity index (χ1v) is 9.80. The van der Waals surface area contributed by atoms with E-state index < -0.39 is 71.7 Å². The van der Waals surface area contributed by atoms with Crippen LogP contribution in [0.3, 0.4) is 0 Å². The Bertz CT molecular complexity index is 717. The van der Waals surface area contributed by atoms with Gasteiger partial charge in [-0.25, -0.2) is 9.59 Å². The van der Waals surface area contributed by atoms with Crippen LogP contribution in [0, 0.1) is 23.2 Å². The van der Waals surface area contributed by atoms with Gasteiger partial charge < -0.3 is 34.7 Å². The van der Waals surface area contributed by atoms with E-state index in [1.807, 2.05) is 0 Å². The van der Waals surface area contributed by atoms with E-state index in [0.717, 1.165) is 13.4 Å². The summed E-state index contributed by atoms with van der Waals surface area (Å²) < 4.78 is 10.2. The number of carbonyl (C=O) groups excluding carboxylic acids is 3. The summed E-state index contributed by atoms with van der Waals surface area (Å²) in [6.07, 6.45) is -3.34. The molecule has 0 unspecified atom stereocenters. The van der Waals surface area contributed by atoms with Crippen molar-refractivity contribution in [3.8, 4) is 0 Å². The lowest BCUT2D eigenvalue weighted by atomic mass is 9.51. The maximum absolute atomic E-state index is 12.5. The summed E-state index contributed by atoms with van der Waals surface area (Å²) in [7, 11) is 1.14. The number of aldehydes is 1. The number of hydrogen-bond donors (Lipinski definition) is 4. The summed E-state index contributed by atoms with van der Waals surface area (Å²) in [5.74, 6) is -4.16. The number of methoxy groups -OCH3 is 1. The summed E-state index contributed by atoms with van der Waals surface area (Å²) in [5.41, 5.74) is -1.50. The fourth-order valence-electron chi connectivity index (χ4n) is 4.91. The highest BCUT2D eigenvalue weighted by Gasteiger charge is 2.60. The molecule has 4 N–H and O–H groups in total. The maximum Gasteiger partial charge on any atom is 0.336 e. The van der Waals surface area contributed by atoms with Gasteiger partial charge in [0.1, 0.15) is 18.5 Å². The fraction of sp³-hybridized carbons (Fsp3) is 0.667. The maximum atomic E-state index is 12.5. The van der Waals surface area contributed by atoms with E-state index in [-0.39, 0.29) is 12.0 Å². The summed E-state index contributed by atoms with van der Waals surface area (Å²) >= 11 is 0. The van der Waals surface area contributed by atoms with Crippen molar-refractivity contribution in [2.75, 3.05) is 13.7 Å². The zero-order chi connectivity index (χ0) is 22.8. The van der Waals surface area contributed by atoms with Crippen LogP contribution in [0.2, 0.25) is 0 Å². The van der Waals surface area contributed by atoms with Gasteiger partial charge in [0.2, 0.25) is 0 Å². The summed E-state index contributed by atoms with van der Waals surface area (Å²) in [6, 6.07) is 0. The highest BCUT2D eigenvalue weighted by atomic mass is 16.5. The smallest absolute Gasteiger partial charge is 0.336 e. The summed E-state index contributed by atoms with van der Waals surface area (Å²) in [4.78, 5) is 36.3. The first-order chi connectivity index (χ1) is 14.0. The van der Waals surface area contributed by atoms with Gasteiger partial charge in [-0.3, -0.25) is 0 Å². The number of hydrogen-bond acceptors (Lipinski definition) is 9. The summed E-state index contributed by atoms with van der Waals surface area (Å²) in [6.45, 7) is 8.08. The zero-order valence-electron chi connectivity index (χ0n) is 17.2. The van der Waals surface area contributed by atoms with Crippen molar-refractivity contribution in [2.24, 2.45) is 23.2 Å². The third-order valence-electron chi connectivity index (χ3n) is 6.66. The third kappa shape index (κ3) is 4.20. The molecule has 2 saturated carbocycles. The molecule has 30 heavy (non-hydrogen) atoms. The molecule has 8 atom stereocenters. The zero-order valence-corrected chi connectivity index (χ0v) is 17.2. The van der Waals surface area contributed by atoms with E-state index in [2.05, 4.69) is 13.2 Å². The molecule has 0 spiro atoms. The molecule has 0 heterocycles. The molecule has 168 valence electrons. The Labute approximate surface area is 175 Å². The second-order valence-corrected chi connectivity index (χ2v) is 8.33. The number of aliphatic hydroxyl groups is 4. The molecule has 0 amide bonds. The second-order valence-electron chi connectivity index (χ2n) is 8.33. The first kappa shape index (κ1) is 24.2.